The molecule has 1 aromatic carbocycles. The van der Waals surface area contributed by atoms with Crippen LogP contribution in [0, 0.1) is 17.8 Å². The van der Waals surface area contributed by atoms with Crippen LogP contribution >= 0.6 is 0 Å². The molecule has 1 saturated carbocycles. The Morgan fingerprint density at radius 3 is 2.41 bits per heavy atom. The van der Waals surface area contributed by atoms with E-state index < -0.39 is 44.7 Å². The molecule has 3 rings (SSSR count). The minimum Gasteiger partial charge on any atom is -0.445 e. The number of carbonyl (C=O) groups excluding carboxylic acids is 2. The first-order valence-corrected chi connectivity index (χ1v) is 14.0. The first kappa shape index (κ1) is 29.2. The summed E-state index contributed by atoms with van der Waals surface area (Å²) in [5.41, 5.74) is -1.50. The summed E-state index contributed by atoms with van der Waals surface area (Å²) in [6.45, 7) is 9.46. The van der Waals surface area contributed by atoms with Crippen molar-refractivity contribution in [2.45, 2.75) is 88.0 Å². The highest BCUT2D eigenvalue weighted by Gasteiger charge is 2.50. The van der Waals surface area contributed by atoms with Crippen LogP contribution in [-0.2, 0) is 25.5 Å². The SMILES string of the molecule is CC(C)[C@@H](CC(=O)N[C@@H]1CC[C@@H]2[C@@H]1CN[C@@H]2S(=O)(=O)c1cccc(C(F)(F)F)c1)OC(=O)NC(C)(C)C. The van der Waals surface area contributed by atoms with Crippen molar-refractivity contribution in [1.82, 2.24) is 16.0 Å². The van der Waals surface area contributed by atoms with E-state index in [1.165, 1.54) is 6.07 Å². The summed E-state index contributed by atoms with van der Waals surface area (Å²) in [7, 11) is -4.07. The summed E-state index contributed by atoms with van der Waals surface area (Å²) in [6.07, 6.45) is -4.88. The van der Waals surface area contributed by atoms with Crippen molar-refractivity contribution in [2.75, 3.05) is 6.54 Å². The number of ether oxygens (including phenoxy) is 1. The molecule has 3 N–H and O–H groups in total. The van der Waals surface area contributed by atoms with E-state index in [0.717, 1.165) is 12.1 Å². The zero-order valence-electron chi connectivity index (χ0n) is 21.7. The van der Waals surface area contributed by atoms with E-state index in [2.05, 4.69) is 16.0 Å². The van der Waals surface area contributed by atoms with Crippen LogP contribution in [0.3, 0.4) is 0 Å². The third-order valence-electron chi connectivity index (χ3n) is 6.86. The van der Waals surface area contributed by atoms with Gasteiger partial charge in [-0.1, -0.05) is 19.9 Å². The van der Waals surface area contributed by atoms with Gasteiger partial charge in [-0.05, 0) is 69.6 Å². The second-order valence-corrected chi connectivity index (χ2v) is 13.3. The van der Waals surface area contributed by atoms with Gasteiger partial charge in [0.1, 0.15) is 11.5 Å². The normalized spacial score (nSPS) is 25.0. The summed E-state index contributed by atoms with van der Waals surface area (Å²) in [5, 5.41) is 7.60. The second-order valence-electron chi connectivity index (χ2n) is 11.2. The Hall–Kier alpha value is -2.34. The topological polar surface area (TPSA) is 114 Å². The van der Waals surface area contributed by atoms with Crippen molar-refractivity contribution in [3.8, 4) is 0 Å². The molecule has 5 atom stereocenters. The Morgan fingerprint density at radius 1 is 1.14 bits per heavy atom. The first-order valence-electron chi connectivity index (χ1n) is 12.4. The Kier molecular flexibility index (Phi) is 8.53. The van der Waals surface area contributed by atoms with E-state index in [1.54, 1.807) is 0 Å². The van der Waals surface area contributed by atoms with Gasteiger partial charge >= 0.3 is 12.3 Å². The summed E-state index contributed by atoms with van der Waals surface area (Å²) >= 11 is 0. The Bertz CT molecular complexity index is 1100. The van der Waals surface area contributed by atoms with E-state index in [4.69, 9.17) is 4.74 Å². The van der Waals surface area contributed by atoms with Crippen molar-refractivity contribution in [2.24, 2.45) is 17.8 Å². The van der Waals surface area contributed by atoms with Crippen LogP contribution in [0.1, 0.15) is 59.4 Å². The predicted octanol–water partition coefficient (Wildman–Crippen LogP) is 3.86. The maximum atomic E-state index is 13.2. The molecule has 37 heavy (non-hydrogen) atoms. The molecule has 1 aliphatic heterocycles. The minimum atomic E-state index is -4.65. The van der Waals surface area contributed by atoms with Crippen molar-refractivity contribution in [3.63, 3.8) is 0 Å². The summed E-state index contributed by atoms with van der Waals surface area (Å²) in [6, 6.07) is 3.49. The fourth-order valence-corrected chi connectivity index (χ4v) is 6.99. The Balaban J connectivity index is 1.64. The molecule has 8 nitrogen and oxygen atoms in total. The highest BCUT2D eigenvalue weighted by atomic mass is 32.2. The van der Waals surface area contributed by atoms with E-state index in [1.807, 2.05) is 34.6 Å². The zero-order chi connectivity index (χ0) is 27.8. The second kappa shape index (κ2) is 10.8. The van der Waals surface area contributed by atoms with Crippen molar-refractivity contribution < 1.29 is 35.9 Å². The average Bonchev–Trinajstić information content (AvgIpc) is 3.34. The minimum absolute atomic E-state index is 0.0392. The number of carbonyl (C=O) groups is 2. The fraction of sp³-hybridized carbons (Fsp3) is 0.680. The van der Waals surface area contributed by atoms with E-state index >= 15 is 0 Å². The van der Waals surface area contributed by atoms with Crippen molar-refractivity contribution in [3.05, 3.63) is 29.8 Å². The molecule has 0 aromatic heterocycles. The number of fused-ring (bicyclic) bond motifs is 1. The standard InChI is InChI=1S/C25H36F3N3O5S/c1-14(2)20(36-23(33)31-24(3,4)5)12-21(32)30-19-10-9-17-18(19)13-29-22(17)37(34,35)16-8-6-7-15(11-16)25(26,27)28/h6-8,11,14,17-20,22,29H,9-10,12-13H2,1-5H3,(H,30,32)(H,31,33)/t17-,18+,19-,20-,22-/m1/s1. The third kappa shape index (κ3) is 7.16. The molecule has 1 saturated heterocycles. The van der Waals surface area contributed by atoms with Crippen LogP contribution in [0.2, 0.25) is 0 Å². The number of amides is 2. The van der Waals surface area contributed by atoms with E-state index in [-0.39, 0.29) is 41.0 Å². The van der Waals surface area contributed by atoms with Gasteiger partial charge in [-0.25, -0.2) is 13.2 Å². The van der Waals surface area contributed by atoms with E-state index in [9.17, 15) is 31.2 Å². The zero-order valence-corrected chi connectivity index (χ0v) is 22.5. The molecule has 1 aliphatic carbocycles. The molecule has 0 radical (unpaired) electrons. The Labute approximate surface area is 216 Å². The third-order valence-corrected chi connectivity index (χ3v) is 8.95. The summed E-state index contributed by atoms with van der Waals surface area (Å²) in [5.74, 6) is -0.947. The molecule has 1 heterocycles. The van der Waals surface area contributed by atoms with Crippen molar-refractivity contribution in [1.29, 1.82) is 0 Å². The molecule has 0 bridgehead atoms. The molecule has 1 aromatic rings. The van der Waals surface area contributed by atoms with Gasteiger partial charge in [-0.2, -0.15) is 13.2 Å². The van der Waals surface area contributed by atoms with Gasteiger partial charge in [0.05, 0.1) is 16.9 Å². The molecule has 2 fully saturated rings. The number of nitrogens with one attached hydrogen (secondary N) is 3. The van der Waals surface area contributed by atoms with Gasteiger partial charge in [0.25, 0.3) is 0 Å². The van der Waals surface area contributed by atoms with Gasteiger partial charge in [-0.15, -0.1) is 0 Å². The smallest absolute Gasteiger partial charge is 0.416 e. The number of hydrogen-bond acceptors (Lipinski definition) is 6. The van der Waals surface area contributed by atoms with E-state index in [0.29, 0.717) is 25.5 Å². The number of benzene rings is 1. The van der Waals surface area contributed by atoms with Crippen molar-refractivity contribution >= 4 is 21.8 Å². The van der Waals surface area contributed by atoms with Crippen LogP contribution in [0.5, 0.6) is 0 Å². The van der Waals surface area contributed by atoms with Crippen LogP contribution < -0.4 is 16.0 Å². The van der Waals surface area contributed by atoms with Gasteiger partial charge < -0.3 is 20.7 Å². The average molecular weight is 548 g/mol. The van der Waals surface area contributed by atoms with Gasteiger partial charge in [0, 0.05) is 18.1 Å². The molecular formula is C25H36F3N3O5S. The molecule has 0 unspecified atom stereocenters. The lowest BCUT2D eigenvalue weighted by Gasteiger charge is -2.26. The lowest BCUT2D eigenvalue weighted by atomic mass is 9.97. The number of alkyl halides is 3. The van der Waals surface area contributed by atoms with Crippen LogP contribution in [0.25, 0.3) is 0 Å². The quantitative estimate of drug-likeness (QED) is 0.478. The summed E-state index contributed by atoms with van der Waals surface area (Å²) < 4.78 is 71.3. The highest BCUT2D eigenvalue weighted by Crippen LogP contribution is 2.42. The number of alkyl carbamates (subject to hydrolysis) is 1. The lowest BCUT2D eigenvalue weighted by Crippen LogP contribution is -2.45. The number of halogens is 3. The molecule has 0 spiro atoms. The maximum Gasteiger partial charge on any atom is 0.416 e. The van der Waals surface area contributed by atoms with Gasteiger partial charge in [-0.3, -0.25) is 4.79 Å². The molecular weight excluding hydrogens is 511 g/mol. The maximum absolute atomic E-state index is 13.2. The molecule has 2 amide bonds. The molecule has 12 heteroatoms. The summed E-state index contributed by atoms with van der Waals surface area (Å²) in [4.78, 5) is 24.6. The first-order chi connectivity index (χ1) is 17.0. The fourth-order valence-electron chi connectivity index (χ4n) is 5.02. The largest absolute Gasteiger partial charge is 0.445 e. The number of rotatable bonds is 7. The monoisotopic (exact) mass is 547 g/mol. The van der Waals surface area contributed by atoms with Crippen LogP contribution in [-0.4, -0.2) is 50.0 Å². The number of hydrogen-bond donors (Lipinski definition) is 3. The molecule has 2 aliphatic rings. The van der Waals surface area contributed by atoms with Crippen LogP contribution in [0.15, 0.2) is 29.2 Å². The predicted molar refractivity (Wildman–Crippen MR) is 131 cm³/mol. The lowest BCUT2D eigenvalue weighted by molar-refractivity contribution is -0.137. The van der Waals surface area contributed by atoms with Gasteiger partial charge in [0.15, 0.2) is 9.84 Å². The number of sulfone groups is 1. The van der Waals surface area contributed by atoms with Crippen LogP contribution in [0.4, 0.5) is 18.0 Å². The highest BCUT2D eigenvalue weighted by molar-refractivity contribution is 7.92. The molecule has 208 valence electrons. The van der Waals surface area contributed by atoms with Gasteiger partial charge in [0.2, 0.25) is 5.91 Å². The Morgan fingerprint density at radius 2 is 1.81 bits per heavy atom.